The molecule has 3 heteroatoms. The van der Waals surface area contributed by atoms with Crippen molar-refractivity contribution in [3.63, 3.8) is 0 Å². The molecule has 0 saturated heterocycles. The Hall–Kier alpha value is -0.540. The zero-order valence-corrected chi connectivity index (χ0v) is 11.3. The van der Waals surface area contributed by atoms with Gasteiger partial charge in [0.1, 0.15) is 0 Å². The number of unbranched alkanes of at least 4 members (excludes halogenated alkanes) is 1. The molecule has 0 bridgehead atoms. The van der Waals surface area contributed by atoms with Gasteiger partial charge >= 0.3 is 0 Å². The summed E-state index contributed by atoms with van der Waals surface area (Å²) in [5, 5.41) is 3.36. The number of rotatable bonds is 7. The van der Waals surface area contributed by atoms with Crippen LogP contribution >= 0.6 is 11.8 Å². The van der Waals surface area contributed by atoms with Crippen molar-refractivity contribution in [3.05, 3.63) is 24.0 Å². The molecule has 1 heterocycles. The van der Waals surface area contributed by atoms with Gasteiger partial charge in [0.2, 0.25) is 0 Å². The first-order valence-corrected chi connectivity index (χ1v) is 7.08. The third kappa shape index (κ3) is 4.54. The van der Waals surface area contributed by atoms with Crippen LogP contribution in [0.2, 0.25) is 0 Å². The summed E-state index contributed by atoms with van der Waals surface area (Å²) in [4.78, 5) is 5.77. The average molecular weight is 238 g/mol. The number of nitrogens with zero attached hydrogens (tertiary/aromatic N) is 1. The Bertz CT molecular complexity index is 284. The summed E-state index contributed by atoms with van der Waals surface area (Å²) in [5.74, 6) is 1.19. The molecule has 1 unspecified atom stereocenters. The third-order valence-electron chi connectivity index (χ3n) is 2.48. The van der Waals surface area contributed by atoms with E-state index < -0.39 is 0 Å². The Labute approximate surface area is 103 Å². The highest BCUT2D eigenvalue weighted by molar-refractivity contribution is 7.99. The highest BCUT2D eigenvalue weighted by Gasteiger charge is 2.04. The first-order valence-electron chi connectivity index (χ1n) is 6.10. The monoisotopic (exact) mass is 238 g/mol. The smallest absolute Gasteiger partial charge is 0.0571 e. The van der Waals surface area contributed by atoms with Crippen LogP contribution < -0.4 is 5.32 Å². The maximum atomic E-state index is 4.49. The van der Waals surface area contributed by atoms with E-state index in [0.29, 0.717) is 6.04 Å². The normalized spacial score (nSPS) is 12.7. The molecule has 0 aromatic carbocycles. The largest absolute Gasteiger partial charge is 0.309 e. The van der Waals surface area contributed by atoms with Crippen LogP contribution in [0.15, 0.2) is 23.2 Å². The summed E-state index contributed by atoms with van der Waals surface area (Å²) in [5.41, 5.74) is 1.13. The molecule has 0 spiro atoms. The number of nitrogens with one attached hydrogen (secondary N) is 1. The second-order valence-electron chi connectivity index (χ2n) is 3.90. The molecule has 0 aliphatic carbocycles. The van der Waals surface area contributed by atoms with Gasteiger partial charge in [0.15, 0.2) is 0 Å². The van der Waals surface area contributed by atoms with Gasteiger partial charge in [0.05, 0.1) is 5.69 Å². The van der Waals surface area contributed by atoms with E-state index in [2.05, 4.69) is 43.2 Å². The van der Waals surface area contributed by atoms with Crippen LogP contribution in [0, 0.1) is 0 Å². The van der Waals surface area contributed by atoms with Gasteiger partial charge in [-0.15, -0.1) is 11.8 Å². The van der Waals surface area contributed by atoms with E-state index in [1.165, 1.54) is 23.5 Å². The molecule has 1 rings (SSSR count). The molecule has 0 aliphatic heterocycles. The molecule has 0 radical (unpaired) electrons. The lowest BCUT2D eigenvalue weighted by Crippen LogP contribution is -2.18. The zero-order valence-electron chi connectivity index (χ0n) is 10.5. The van der Waals surface area contributed by atoms with Crippen LogP contribution in [-0.4, -0.2) is 17.3 Å². The molecule has 0 fully saturated rings. The molecule has 1 aromatic rings. The summed E-state index contributed by atoms with van der Waals surface area (Å²) in [6.07, 6.45) is 4.53. The predicted octanol–water partition coefficient (Wildman–Crippen LogP) is 3.64. The van der Waals surface area contributed by atoms with Crippen LogP contribution in [0.5, 0.6) is 0 Å². The molecule has 0 aliphatic rings. The minimum absolute atomic E-state index is 0.347. The number of thioether (sulfide) groups is 1. The van der Waals surface area contributed by atoms with Crippen LogP contribution in [-0.2, 0) is 0 Å². The first kappa shape index (κ1) is 13.5. The van der Waals surface area contributed by atoms with Gasteiger partial charge in [-0.1, -0.05) is 20.3 Å². The standard InChI is InChI=1S/C13H22N2S/c1-4-6-9-16-12-7-8-13(15-10-12)11(3)14-5-2/h7-8,10-11,14H,4-6,9H2,1-3H3. The van der Waals surface area contributed by atoms with Gasteiger partial charge in [0.25, 0.3) is 0 Å². The second kappa shape index (κ2) is 7.69. The summed E-state index contributed by atoms with van der Waals surface area (Å²) in [7, 11) is 0. The van der Waals surface area contributed by atoms with Crippen molar-refractivity contribution < 1.29 is 0 Å². The Morgan fingerprint density at radius 3 is 2.75 bits per heavy atom. The minimum atomic E-state index is 0.347. The van der Waals surface area contributed by atoms with Crippen molar-refractivity contribution >= 4 is 11.8 Å². The fourth-order valence-electron chi connectivity index (χ4n) is 1.48. The van der Waals surface area contributed by atoms with E-state index >= 15 is 0 Å². The van der Waals surface area contributed by atoms with Crippen molar-refractivity contribution in [2.24, 2.45) is 0 Å². The summed E-state index contributed by atoms with van der Waals surface area (Å²) in [6.45, 7) is 7.47. The fourth-order valence-corrected chi connectivity index (χ4v) is 2.44. The first-order chi connectivity index (χ1) is 7.77. The Morgan fingerprint density at radius 2 is 2.19 bits per heavy atom. The van der Waals surface area contributed by atoms with Crippen molar-refractivity contribution in [2.45, 2.75) is 44.6 Å². The third-order valence-corrected chi connectivity index (χ3v) is 3.55. The number of aromatic nitrogens is 1. The summed E-state index contributed by atoms with van der Waals surface area (Å²) in [6, 6.07) is 4.65. The van der Waals surface area contributed by atoms with Crippen LogP contribution in [0.3, 0.4) is 0 Å². The van der Waals surface area contributed by atoms with E-state index in [4.69, 9.17) is 0 Å². The fraction of sp³-hybridized carbons (Fsp3) is 0.615. The summed E-state index contributed by atoms with van der Waals surface area (Å²) < 4.78 is 0. The van der Waals surface area contributed by atoms with E-state index in [-0.39, 0.29) is 0 Å². The lowest BCUT2D eigenvalue weighted by atomic mass is 10.2. The van der Waals surface area contributed by atoms with E-state index in [1.54, 1.807) is 0 Å². The van der Waals surface area contributed by atoms with Gasteiger partial charge in [-0.25, -0.2) is 0 Å². The van der Waals surface area contributed by atoms with Crippen LogP contribution in [0.4, 0.5) is 0 Å². The van der Waals surface area contributed by atoms with Gasteiger partial charge in [-0.2, -0.15) is 0 Å². The van der Waals surface area contributed by atoms with Crippen molar-refractivity contribution in [1.82, 2.24) is 10.3 Å². The minimum Gasteiger partial charge on any atom is -0.309 e. The Balaban J connectivity index is 2.47. The van der Waals surface area contributed by atoms with Crippen LogP contribution in [0.25, 0.3) is 0 Å². The number of hydrogen-bond donors (Lipinski definition) is 1. The average Bonchev–Trinajstić information content (AvgIpc) is 2.30. The molecule has 16 heavy (non-hydrogen) atoms. The maximum Gasteiger partial charge on any atom is 0.0571 e. The quantitative estimate of drug-likeness (QED) is 0.580. The second-order valence-corrected chi connectivity index (χ2v) is 5.07. The number of pyridine rings is 1. The van der Waals surface area contributed by atoms with Gasteiger partial charge in [0, 0.05) is 17.1 Å². The SMILES string of the molecule is CCCCSc1ccc(C(C)NCC)nc1. The van der Waals surface area contributed by atoms with Crippen LogP contribution in [0.1, 0.15) is 45.3 Å². The molecule has 1 aromatic heterocycles. The van der Waals surface area contributed by atoms with Gasteiger partial charge in [-0.3, -0.25) is 4.98 Å². The highest BCUT2D eigenvalue weighted by Crippen LogP contribution is 2.19. The van der Waals surface area contributed by atoms with Crippen molar-refractivity contribution in [2.75, 3.05) is 12.3 Å². The van der Waals surface area contributed by atoms with E-state index in [0.717, 1.165) is 12.2 Å². The highest BCUT2D eigenvalue weighted by atomic mass is 32.2. The van der Waals surface area contributed by atoms with Crippen molar-refractivity contribution in [1.29, 1.82) is 0 Å². The molecule has 0 saturated carbocycles. The lowest BCUT2D eigenvalue weighted by molar-refractivity contribution is 0.582. The molecular formula is C13H22N2S. The summed E-state index contributed by atoms with van der Waals surface area (Å²) >= 11 is 1.90. The molecule has 1 N–H and O–H groups in total. The van der Waals surface area contributed by atoms with E-state index in [1.807, 2.05) is 18.0 Å². The molecule has 0 amide bonds. The molecule has 2 nitrogen and oxygen atoms in total. The molecule has 1 atom stereocenters. The van der Waals surface area contributed by atoms with Gasteiger partial charge < -0.3 is 5.32 Å². The van der Waals surface area contributed by atoms with Gasteiger partial charge in [-0.05, 0) is 37.8 Å². The maximum absolute atomic E-state index is 4.49. The Kier molecular flexibility index (Phi) is 6.50. The molecular weight excluding hydrogens is 216 g/mol. The lowest BCUT2D eigenvalue weighted by Gasteiger charge is -2.11. The predicted molar refractivity (Wildman–Crippen MR) is 72.0 cm³/mol. The topological polar surface area (TPSA) is 24.9 Å². The van der Waals surface area contributed by atoms with E-state index in [9.17, 15) is 0 Å². The zero-order chi connectivity index (χ0) is 11.8. The Morgan fingerprint density at radius 1 is 1.38 bits per heavy atom. The number of hydrogen-bond acceptors (Lipinski definition) is 3. The van der Waals surface area contributed by atoms with Crippen molar-refractivity contribution in [3.8, 4) is 0 Å². The molecule has 90 valence electrons.